The van der Waals surface area contributed by atoms with E-state index in [1.54, 1.807) is 24.3 Å². The van der Waals surface area contributed by atoms with E-state index in [9.17, 15) is 13.2 Å². The highest BCUT2D eigenvalue weighted by atomic mass is 32.2. The fourth-order valence-electron chi connectivity index (χ4n) is 2.71. The number of carbonyl (C=O) groups excluding carboxylic acids is 1. The molecule has 1 amide bonds. The summed E-state index contributed by atoms with van der Waals surface area (Å²) in [7, 11) is -1.83. The third kappa shape index (κ3) is 6.07. The van der Waals surface area contributed by atoms with E-state index >= 15 is 0 Å². The quantitative estimate of drug-likeness (QED) is 0.674. The summed E-state index contributed by atoms with van der Waals surface area (Å²) in [6.07, 6.45) is 0. The second kappa shape index (κ2) is 9.71. The molecule has 1 atom stereocenters. The smallest absolute Gasteiger partial charge is 0.241 e. The van der Waals surface area contributed by atoms with Gasteiger partial charge in [0.25, 0.3) is 0 Å². The molecule has 0 radical (unpaired) electrons. The molecule has 0 aromatic heterocycles. The summed E-state index contributed by atoms with van der Waals surface area (Å²) >= 11 is 0. The Morgan fingerprint density at radius 3 is 2.21 bits per heavy atom. The number of carbonyl (C=O) groups is 1. The molecule has 7 heteroatoms. The Labute approximate surface area is 168 Å². The zero-order valence-corrected chi connectivity index (χ0v) is 17.7. The summed E-state index contributed by atoms with van der Waals surface area (Å²) in [6.45, 7) is 6.56. The van der Waals surface area contributed by atoms with Crippen molar-refractivity contribution in [1.29, 1.82) is 0 Å². The van der Waals surface area contributed by atoms with Crippen molar-refractivity contribution < 1.29 is 13.2 Å². The standard InChI is InChI=1S/C21H29N3O3S/c1-16(2)20(23-28(26,27)19-12-10-17(3)11-13-19)21(25)22-14-15-24(4)18-8-6-5-7-9-18/h5-13,16,20,23H,14-15H2,1-4H3,(H,22,25)/t20-/m0/s1. The number of hydrogen-bond donors (Lipinski definition) is 2. The topological polar surface area (TPSA) is 78.5 Å². The van der Waals surface area contributed by atoms with Crippen LogP contribution in [0.4, 0.5) is 5.69 Å². The van der Waals surface area contributed by atoms with Crippen molar-refractivity contribution in [3.8, 4) is 0 Å². The molecule has 2 aromatic carbocycles. The van der Waals surface area contributed by atoms with Crippen molar-refractivity contribution in [3.63, 3.8) is 0 Å². The largest absolute Gasteiger partial charge is 0.373 e. The van der Waals surface area contributed by atoms with Gasteiger partial charge < -0.3 is 10.2 Å². The van der Waals surface area contributed by atoms with Crippen molar-refractivity contribution in [2.45, 2.75) is 31.7 Å². The Bertz CT molecular complexity index is 866. The number of amides is 1. The van der Waals surface area contributed by atoms with Crippen molar-refractivity contribution in [2.75, 3.05) is 25.0 Å². The molecule has 0 aliphatic heterocycles. The van der Waals surface area contributed by atoms with Crippen LogP contribution in [0, 0.1) is 12.8 Å². The lowest BCUT2D eigenvalue weighted by Gasteiger charge is -2.23. The van der Waals surface area contributed by atoms with Gasteiger partial charge in [-0.1, -0.05) is 49.7 Å². The lowest BCUT2D eigenvalue weighted by Crippen LogP contribution is -2.50. The summed E-state index contributed by atoms with van der Waals surface area (Å²) in [5.41, 5.74) is 2.02. The predicted octanol–water partition coefficient (Wildman–Crippen LogP) is 2.55. The van der Waals surface area contributed by atoms with E-state index in [1.807, 2.05) is 63.1 Å². The maximum Gasteiger partial charge on any atom is 0.241 e. The Balaban J connectivity index is 1.97. The highest BCUT2D eigenvalue weighted by Crippen LogP contribution is 2.13. The molecule has 2 aromatic rings. The van der Waals surface area contributed by atoms with Gasteiger partial charge in [-0.3, -0.25) is 4.79 Å². The highest BCUT2D eigenvalue weighted by Gasteiger charge is 2.28. The molecular weight excluding hydrogens is 374 g/mol. The third-order valence-electron chi connectivity index (χ3n) is 4.51. The zero-order valence-electron chi connectivity index (χ0n) is 16.8. The number of hydrogen-bond acceptors (Lipinski definition) is 4. The number of nitrogens with zero attached hydrogens (tertiary/aromatic N) is 1. The van der Waals surface area contributed by atoms with Crippen molar-refractivity contribution in [3.05, 3.63) is 60.2 Å². The number of nitrogens with one attached hydrogen (secondary N) is 2. The van der Waals surface area contributed by atoms with E-state index in [0.29, 0.717) is 13.1 Å². The van der Waals surface area contributed by atoms with Crippen LogP contribution in [-0.4, -0.2) is 40.5 Å². The van der Waals surface area contributed by atoms with Crippen LogP contribution in [0.5, 0.6) is 0 Å². The first-order valence-electron chi connectivity index (χ1n) is 9.33. The maximum absolute atomic E-state index is 12.6. The monoisotopic (exact) mass is 403 g/mol. The molecule has 6 nitrogen and oxygen atoms in total. The SMILES string of the molecule is Cc1ccc(S(=O)(=O)N[C@H](C(=O)NCCN(C)c2ccccc2)C(C)C)cc1. The first kappa shape index (κ1) is 21.9. The van der Waals surface area contributed by atoms with E-state index in [4.69, 9.17) is 0 Å². The fourth-order valence-corrected chi connectivity index (χ4v) is 4.06. The number of likely N-dealkylation sites (N-methyl/N-ethyl adjacent to an activating group) is 1. The first-order valence-corrected chi connectivity index (χ1v) is 10.8. The van der Waals surface area contributed by atoms with E-state index < -0.39 is 16.1 Å². The second-order valence-corrected chi connectivity index (χ2v) is 8.92. The minimum Gasteiger partial charge on any atom is -0.373 e. The Morgan fingerprint density at radius 1 is 1.04 bits per heavy atom. The summed E-state index contributed by atoms with van der Waals surface area (Å²) < 4.78 is 27.8. The Morgan fingerprint density at radius 2 is 1.64 bits per heavy atom. The van der Waals surface area contributed by atoms with E-state index in [0.717, 1.165) is 11.3 Å². The summed E-state index contributed by atoms with van der Waals surface area (Å²) in [5, 5.41) is 2.84. The Kier molecular flexibility index (Phi) is 7.60. The molecule has 0 aliphatic carbocycles. The molecule has 0 unspecified atom stereocenters. The average Bonchev–Trinajstić information content (AvgIpc) is 2.66. The van der Waals surface area contributed by atoms with Gasteiger partial charge in [-0.25, -0.2) is 8.42 Å². The van der Waals surface area contributed by atoms with E-state index in [1.165, 1.54) is 0 Å². The number of sulfonamides is 1. The lowest BCUT2D eigenvalue weighted by atomic mass is 10.1. The molecule has 0 saturated carbocycles. The molecule has 0 heterocycles. The third-order valence-corrected chi connectivity index (χ3v) is 5.96. The summed E-state index contributed by atoms with van der Waals surface area (Å²) in [4.78, 5) is 14.8. The second-order valence-electron chi connectivity index (χ2n) is 7.20. The van der Waals surface area contributed by atoms with Crippen LogP contribution in [0.15, 0.2) is 59.5 Å². The first-order chi connectivity index (χ1) is 13.2. The van der Waals surface area contributed by atoms with Crippen LogP contribution in [0.25, 0.3) is 0 Å². The van der Waals surface area contributed by atoms with E-state index in [-0.39, 0.29) is 16.7 Å². The molecule has 2 N–H and O–H groups in total. The van der Waals surface area contributed by atoms with Crippen molar-refractivity contribution >= 4 is 21.6 Å². The number of anilines is 1. The number of rotatable bonds is 9. The van der Waals surface area contributed by atoms with Gasteiger partial charge in [0, 0.05) is 25.8 Å². The average molecular weight is 404 g/mol. The van der Waals surface area contributed by atoms with Crippen LogP contribution in [0.1, 0.15) is 19.4 Å². The van der Waals surface area contributed by atoms with Gasteiger partial charge in [0.2, 0.25) is 15.9 Å². The molecule has 152 valence electrons. The lowest BCUT2D eigenvalue weighted by molar-refractivity contribution is -0.123. The predicted molar refractivity (Wildman–Crippen MR) is 113 cm³/mol. The van der Waals surface area contributed by atoms with Gasteiger partial charge >= 0.3 is 0 Å². The molecule has 0 spiro atoms. The number of para-hydroxylation sites is 1. The van der Waals surface area contributed by atoms with Crippen LogP contribution in [0.3, 0.4) is 0 Å². The van der Waals surface area contributed by atoms with Crippen LogP contribution in [0.2, 0.25) is 0 Å². The van der Waals surface area contributed by atoms with Gasteiger partial charge in [0.1, 0.15) is 6.04 Å². The number of aryl methyl sites for hydroxylation is 1. The minimum absolute atomic E-state index is 0.153. The van der Waals surface area contributed by atoms with Gasteiger partial charge in [-0.2, -0.15) is 4.72 Å². The van der Waals surface area contributed by atoms with Gasteiger partial charge in [0.15, 0.2) is 0 Å². The van der Waals surface area contributed by atoms with Gasteiger partial charge in [0.05, 0.1) is 4.90 Å². The maximum atomic E-state index is 12.6. The molecule has 0 saturated heterocycles. The van der Waals surface area contributed by atoms with Crippen molar-refractivity contribution in [1.82, 2.24) is 10.0 Å². The van der Waals surface area contributed by atoms with Gasteiger partial charge in [-0.05, 0) is 37.1 Å². The molecule has 28 heavy (non-hydrogen) atoms. The number of benzene rings is 2. The van der Waals surface area contributed by atoms with Crippen LogP contribution in [-0.2, 0) is 14.8 Å². The fraction of sp³-hybridized carbons (Fsp3) is 0.381. The van der Waals surface area contributed by atoms with Gasteiger partial charge in [-0.15, -0.1) is 0 Å². The molecule has 0 aliphatic rings. The van der Waals surface area contributed by atoms with E-state index in [2.05, 4.69) is 10.0 Å². The van der Waals surface area contributed by atoms with Crippen LogP contribution < -0.4 is 14.9 Å². The summed E-state index contributed by atoms with van der Waals surface area (Å²) in [5.74, 6) is -0.515. The highest BCUT2D eigenvalue weighted by molar-refractivity contribution is 7.89. The molecular formula is C21H29N3O3S. The zero-order chi connectivity index (χ0) is 20.7. The minimum atomic E-state index is -3.77. The summed E-state index contributed by atoms with van der Waals surface area (Å²) in [6, 6.07) is 15.6. The van der Waals surface area contributed by atoms with Crippen molar-refractivity contribution in [2.24, 2.45) is 5.92 Å². The Hall–Kier alpha value is -2.38. The molecule has 0 bridgehead atoms. The normalized spacial score (nSPS) is 12.6. The molecule has 0 fully saturated rings. The van der Waals surface area contributed by atoms with Crippen LogP contribution >= 0.6 is 0 Å². The molecule has 2 rings (SSSR count).